The van der Waals surface area contributed by atoms with Crippen molar-refractivity contribution in [3.63, 3.8) is 0 Å². The Kier molecular flexibility index (Phi) is 32.6. The van der Waals surface area contributed by atoms with Gasteiger partial charge in [-0.3, -0.25) is 0 Å². The monoisotopic (exact) mass is 1800 g/mol. The molecule has 3 fully saturated rings. The summed E-state index contributed by atoms with van der Waals surface area (Å²) in [7, 11) is 3.00. The first-order valence-electron chi connectivity index (χ1n) is 35.2. The molecule has 4 aromatic heterocycles. The van der Waals surface area contributed by atoms with Crippen molar-refractivity contribution in [3.05, 3.63) is 313 Å². The van der Waals surface area contributed by atoms with Crippen LogP contribution in [0.2, 0.25) is 0 Å². The molecule has 0 unspecified atom stereocenters. The minimum atomic E-state index is -0.355. The topological polar surface area (TPSA) is 88.5 Å². The van der Waals surface area contributed by atoms with Crippen LogP contribution in [-0.2, 0) is 49.5 Å². The second-order valence-corrected chi connectivity index (χ2v) is 29.8. The summed E-state index contributed by atoms with van der Waals surface area (Å²) < 4.78 is 24.9. The van der Waals surface area contributed by atoms with Crippen molar-refractivity contribution < 1.29 is 59.0 Å². The van der Waals surface area contributed by atoms with Crippen LogP contribution in [0, 0.1) is 38.1 Å². The molecule has 15 rings (SSSR count). The zero-order valence-electron chi connectivity index (χ0n) is 60.2. The van der Waals surface area contributed by atoms with E-state index >= 15 is 0 Å². The molecule has 0 spiro atoms. The number of ether oxygens (including phenoxy) is 2. The Morgan fingerprint density at radius 3 is 1.32 bits per heavy atom. The molecule has 1 aliphatic heterocycles. The molecule has 0 atom stereocenters. The Hall–Kier alpha value is -7.85. The first-order valence-corrected chi connectivity index (χ1v) is 37.4. The van der Waals surface area contributed by atoms with Crippen LogP contribution in [0.25, 0.3) is 67.3 Å². The Balaban J connectivity index is 0.000000163. The SMILES string of the molecule is Brc1ccccc1.CC1(C)OB(c2cc[c-]c(-c3ccccn3)c2)OC1(C)C.COc1cccc(OC)c1-c1ccccc1P(C1CCCCC1)C1CCCCC1.Cc1cccc(-c2[c-]cccc2)n1.Cc1cccc(-c2[c-]cccc2)n1.[Ir].[Ir].[c-]1ccc(-c2ccccc2)cc1-c1ccccn1. The van der Waals surface area contributed by atoms with E-state index in [9.17, 15) is 0 Å². The molecular weight excluding hydrogens is 1710 g/mol. The number of hydrogen-bond donors (Lipinski definition) is 0. The number of hydrogen-bond acceptors (Lipinski definition) is 8. The van der Waals surface area contributed by atoms with E-state index in [4.69, 9.17) is 18.8 Å². The van der Waals surface area contributed by atoms with Gasteiger partial charge in [0.1, 0.15) is 11.5 Å². The van der Waals surface area contributed by atoms with Crippen LogP contribution in [-0.4, -0.2) is 63.8 Å². The molecule has 1 saturated heterocycles. The number of rotatable bonds is 12. The minimum Gasteiger partial charge on any atom is -0.496 e. The van der Waals surface area contributed by atoms with Gasteiger partial charge < -0.3 is 38.7 Å². The number of benzene rings is 8. The number of methoxy groups -OCH3 is 2. The quantitative estimate of drug-likeness (QED) is 0.0679. The summed E-state index contributed by atoms with van der Waals surface area (Å²) in [6.45, 7) is 12.2. The largest absolute Gasteiger partial charge is 0.496 e. The first kappa shape index (κ1) is 80.8. The molecule has 2 radical (unpaired) electrons. The number of nitrogens with zero attached hydrogens (tertiary/aromatic N) is 4. The van der Waals surface area contributed by atoms with Crippen molar-refractivity contribution in [2.45, 2.75) is 128 Å². The molecule has 2 aliphatic carbocycles. The maximum Gasteiger partial charge on any atom is 0.475 e. The van der Waals surface area contributed by atoms with Gasteiger partial charge in [-0.25, -0.2) is 0 Å². The zero-order valence-corrected chi connectivity index (χ0v) is 67.5. The number of aromatic nitrogens is 4. The van der Waals surface area contributed by atoms with Crippen LogP contribution in [0.3, 0.4) is 0 Å². The third kappa shape index (κ3) is 23.6. The molecule has 2 saturated carbocycles. The van der Waals surface area contributed by atoms with Gasteiger partial charge in [0, 0.05) is 68.5 Å². The third-order valence-electron chi connectivity index (χ3n) is 18.4. The van der Waals surface area contributed by atoms with Gasteiger partial charge in [-0.15, -0.1) is 142 Å². The van der Waals surface area contributed by atoms with Crippen LogP contribution >= 0.6 is 23.9 Å². The summed E-state index contributed by atoms with van der Waals surface area (Å²) in [5.41, 5.74) is 16.9. The second kappa shape index (κ2) is 41.6. The summed E-state index contributed by atoms with van der Waals surface area (Å²) in [6, 6.07) is 99.9. The van der Waals surface area contributed by atoms with E-state index in [1.165, 1.54) is 80.9 Å². The van der Waals surface area contributed by atoms with E-state index < -0.39 is 0 Å². The van der Waals surface area contributed by atoms with Crippen molar-refractivity contribution in [3.8, 4) is 78.8 Å². The standard InChI is InChI=1S/C26H35O2P.C17H19BNO2.C17H12N.2C12H10N.C6H5Br.2Ir/c1-27-23-17-11-18-24(28-2)26(23)22-16-9-10-19-25(22)29(20-12-5-3-6-13-20)21-14-7-4-8-15-21;1-16(2)17(3,4)21-18(20-16)14-9-7-8-13(12-14)15-10-5-6-11-19-15;1-2-7-14(8-3-1)15-9-6-10-16(13-15)17-11-4-5-12-18-17;2*1-10-6-5-9-12(13-10)11-7-3-2-4-8-11;7-6-4-2-1-3-5-6;;/h9-11,16-21H,3-8,12-15H2,1-2H3;5-7,9-12H,1-4H3;1-9,11-13H;2*2-7,9H,1H3;1-5H;;/q;4*-1;;;. The molecule has 0 N–H and O–H groups in total. The Labute approximate surface area is 650 Å². The van der Waals surface area contributed by atoms with E-state index in [0.29, 0.717) is 0 Å². The molecule has 0 bridgehead atoms. The van der Waals surface area contributed by atoms with Gasteiger partial charge in [-0.05, 0) is 166 Å². The van der Waals surface area contributed by atoms with Crippen molar-refractivity contribution in [1.29, 1.82) is 0 Å². The van der Waals surface area contributed by atoms with Crippen molar-refractivity contribution in [1.82, 2.24) is 19.9 Å². The summed E-state index contributed by atoms with van der Waals surface area (Å²) >= 11 is 3.31. The van der Waals surface area contributed by atoms with Gasteiger partial charge in [-0.2, -0.15) is 0 Å². The van der Waals surface area contributed by atoms with Crippen molar-refractivity contribution >= 4 is 41.7 Å². The Morgan fingerprint density at radius 2 is 0.864 bits per heavy atom. The molecule has 0 amide bonds. The second-order valence-electron chi connectivity index (χ2n) is 26.1. The smallest absolute Gasteiger partial charge is 0.475 e. The number of aryl methyl sites for hydroxylation is 2. The van der Waals surface area contributed by atoms with Crippen LogP contribution < -0.4 is 20.2 Å². The van der Waals surface area contributed by atoms with Crippen LogP contribution in [0.15, 0.2) is 278 Å². The normalized spacial score (nSPS) is 14.2. The average Bonchev–Trinajstić information content (AvgIpc) is 1.77. The number of halogens is 1. The fraction of sp³-hybridized carbons (Fsp3) is 0.244. The van der Waals surface area contributed by atoms with Crippen LogP contribution in [0.4, 0.5) is 0 Å². The third-order valence-corrected chi connectivity index (χ3v) is 22.5. The van der Waals surface area contributed by atoms with Gasteiger partial charge in [0.15, 0.2) is 0 Å². The summed E-state index contributed by atoms with van der Waals surface area (Å²) in [5.74, 6) is 1.83. The average molecular weight is 1800 g/mol. The van der Waals surface area contributed by atoms with Crippen molar-refractivity contribution in [2.24, 2.45) is 0 Å². The maximum absolute atomic E-state index is 6.08. The summed E-state index contributed by atoms with van der Waals surface area (Å²) in [4.78, 5) is 17.5. The molecule has 8 aromatic carbocycles. The maximum atomic E-state index is 6.08. The molecule has 5 heterocycles. The molecular formula is C90H91BBrIr2N4O4P-4. The van der Waals surface area contributed by atoms with E-state index in [1.807, 2.05) is 214 Å². The van der Waals surface area contributed by atoms with E-state index in [-0.39, 0.29) is 66.5 Å². The summed E-state index contributed by atoms with van der Waals surface area (Å²) in [5, 5.41) is 1.59. The van der Waals surface area contributed by atoms with E-state index in [0.717, 1.165) is 94.7 Å². The first-order chi connectivity index (χ1) is 49.3. The Bertz CT molecular complexity index is 4230. The van der Waals surface area contributed by atoms with Gasteiger partial charge in [0.25, 0.3) is 0 Å². The predicted molar refractivity (Wildman–Crippen MR) is 424 cm³/mol. The molecule has 12 aromatic rings. The van der Waals surface area contributed by atoms with Gasteiger partial charge in [0.2, 0.25) is 0 Å². The van der Waals surface area contributed by atoms with Crippen LogP contribution in [0.1, 0.15) is 103 Å². The van der Waals surface area contributed by atoms with Crippen molar-refractivity contribution in [2.75, 3.05) is 14.2 Å². The van der Waals surface area contributed by atoms with Gasteiger partial charge >= 0.3 is 7.12 Å². The molecule has 13 heteroatoms. The fourth-order valence-electron chi connectivity index (χ4n) is 12.6. The summed E-state index contributed by atoms with van der Waals surface area (Å²) in [6.07, 6.45) is 17.7. The number of pyridine rings is 4. The van der Waals surface area contributed by atoms with Gasteiger partial charge in [-0.1, -0.05) is 190 Å². The molecule has 532 valence electrons. The molecule has 8 nitrogen and oxygen atoms in total. The van der Waals surface area contributed by atoms with Gasteiger partial charge in [0.05, 0.1) is 31.0 Å². The zero-order chi connectivity index (χ0) is 70.7. The van der Waals surface area contributed by atoms with E-state index in [2.05, 4.69) is 148 Å². The molecule has 103 heavy (non-hydrogen) atoms. The van der Waals surface area contributed by atoms with E-state index in [1.54, 1.807) is 31.9 Å². The predicted octanol–water partition coefficient (Wildman–Crippen LogP) is 22.4. The minimum absolute atomic E-state index is 0. The Morgan fingerprint density at radius 1 is 0.427 bits per heavy atom. The fourth-order valence-corrected chi connectivity index (χ4v) is 16.8. The van der Waals surface area contributed by atoms with Crippen LogP contribution in [0.5, 0.6) is 11.5 Å². The molecule has 3 aliphatic rings.